The molecule has 7 heteroatoms. The molecule has 17 heavy (non-hydrogen) atoms. The molecule has 0 unspecified atom stereocenters. The summed E-state index contributed by atoms with van der Waals surface area (Å²) in [4.78, 5) is 12.1. The van der Waals surface area contributed by atoms with Crippen LogP contribution in [-0.2, 0) is 4.74 Å². The molecule has 1 rings (SSSR count). The van der Waals surface area contributed by atoms with Gasteiger partial charge in [-0.05, 0) is 31.9 Å². The van der Waals surface area contributed by atoms with Gasteiger partial charge in [0.25, 0.3) is 0 Å². The number of rotatable bonds is 8. The van der Waals surface area contributed by atoms with Gasteiger partial charge in [-0.2, -0.15) is 15.0 Å². The number of nitrogens with zero attached hydrogens (tertiary/aromatic N) is 3. The Labute approximate surface area is 106 Å². The van der Waals surface area contributed by atoms with Gasteiger partial charge in [0.1, 0.15) is 0 Å². The number of halogens is 1. The molecule has 0 spiro atoms. The van der Waals surface area contributed by atoms with Gasteiger partial charge in [0, 0.05) is 26.3 Å². The summed E-state index contributed by atoms with van der Waals surface area (Å²) in [7, 11) is 0. The number of anilines is 2. The predicted octanol–water partition coefficient (Wildman–Crippen LogP) is 1.80. The van der Waals surface area contributed by atoms with E-state index in [2.05, 4.69) is 25.6 Å². The largest absolute Gasteiger partial charge is 0.382 e. The zero-order valence-corrected chi connectivity index (χ0v) is 10.9. The van der Waals surface area contributed by atoms with E-state index in [0.717, 1.165) is 32.7 Å². The summed E-state index contributed by atoms with van der Waals surface area (Å²) in [5.41, 5.74) is 0. The van der Waals surface area contributed by atoms with Gasteiger partial charge >= 0.3 is 0 Å². The number of hydrogen-bond donors (Lipinski definition) is 2. The van der Waals surface area contributed by atoms with E-state index in [1.54, 1.807) is 0 Å². The monoisotopic (exact) mass is 259 g/mol. The van der Waals surface area contributed by atoms with Crippen molar-refractivity contribution in [1.29, 1.82) is 0 Å². The standard InChI is InChI=1S/C10H18ClN5O/c1-3-12-9-14-8(11)15-10(16-9)13-6-5-7-17-4-2/h3-7H2,1-2H3,(H2,12,13,14,15,16). The van der Waals surface area contributed by atoms with Crippen LogP contribution in [0.5, 0.6) is 0 Å². The highest BCUT2D eigenvalue weighted by atomic mass is 35.5. The zero-order chi connectivity index (χ0) is 12.5. The van der Waals surface area contributed by atoms with Crippen LogP contribution in [0.2, 0.25) is 5.28 Å². The van der Waals surface area contributed by atoms with Crippen LogP contribution in [0.1, 0.15) is 20.3 Å². The van der Waals surface area contributed by atoms with E-state index in [1.165, 1.54) is 0 Å². The Morgan fingerprint density at radius 3 is 2.47 bits per heavy atom. The molecular formula is C10H18ClN5O. The van der Waals surface area contributed by atoms with Crippen molar-refractivity contribution in [2.75, 3.05) is 36.9 Å². The minimum absolute atomic E-state index is 0.184. The van der Waals surface area contributed by atoms with Crippen molar-refractivity contribution < 1.29 is 4.74 Å². The molecule has 1 heterocycles. The molecule has 0 fully saturated rings. The molecule has 0 amide bonds. The summed E-state index contributed by atoms with van der Waals surface area (Å²) in [6.45, 7) is 6.88. The highest BCUT2D eigenvalue weighted by molar-refractivity contribution is 6.28. The lowest BCUT2D eigenvalue weighted by molar-refractivity contribution is 0.147. The molecule has 0 aliphatic rings. The van der Waals surface area contributed by atoms with Crippen LogP contribution in [0, 0.1) is 0 Å². The molecular weight excluding hydrogens is 242 g/mol. The van der Waals surface area contributed by atoms with E-state index in [9.17, 15) is 0 Å². The molecule has 0 aromatic carbocycles. The maximum Gasteiger partial charge on any atom is 0.228 e. The van der Waals surface area contributed by atoms with Crippen molar-refractivity contribution in [3.05, 3.63) is 5.28 Å². The Hall–Kier alpha value is -1.14. The molecule has 0 aliphatic heterocycles. The Kier molecular flexibility index (Phi) is 6.57. The van der Waals surface area contributed by atoms with Gasteiger partial charge in [0.2, 0.25) is 17.2 Å². The van der Waals surface area contributed by atoms with E-state index < -0.39 is 0 Å². The van der Waals surface area contributed by atoms with E-state index in [-0.39, 0.29) is 5.28 Å². The smallest absolute Gasteiger partial charge is 0.228 e. The Morgan fingerprint density at radius 2 is 1.82 bits per heavy atom. The van der Waals surface area contributed by atoms with Crippen LogP contribution in [0.25, 0.3) is 0 Å². The lowest BCUT2D eigenvalue weighted by atomic mass is 10.4. The molecule has 0 saturated carbocycles. The fraction of sp³-hybridized carbons (Fsp3) is 0.700. The van der Waals surface area contributed by atoms with E-state index in [4.69, 9.17) is 16.3 Å². The normalized spacial score (nSPS) is 10.3. The summed E-state index contributed by atoms with van der Waals surface area (Å²) in [5.74, 6) is 0.970. The first-order valence-electron chi connectivity index (χ1n) is 5.73. The lowest BCUT2D eigenvalue weighted by Crippen LogP contribution is -2.11. The van der Waals surface area contributed by atoms with Crippen molar-refractivity contribution in [2.24, 2.45) is 0 Å². The predicted molar refractivity (Wildman–Crippen MR) is 68.6 cm³/mol. The minimum Gasteiger partial charge on any atom is -0.382 e. The molecule has 0 atom stereocenters. The minimum atomic E-state index is 0.184. The first-order chi connectivity index (χ1) is 8.26. The average Bonchev–Trinajstić information content (AvgIpc) is 2.28. The molecule has 1 aromatic heterocycles. The van der Waals surface area contributed by atoms with Crippen molar-refractivity contribution >= 4 is 23.5 Å². The maximum absolute atomic E-state index is 5.78. The number of aromatic nitrogens is 3. The summed E-state index contributed by atoms with van der Waals surface area (Å²) < 4.78 is 5.23. The van der Waals surface area contributed by atoms with Gasteiger partial charge in [0.05, 0.1) is 0 Å². The molecule has 6 nitrogen and oxygen atoms in total. The van der Waals surface area contributed by atoms with Crippen LogP contribution >= 0.6 is 11.6 Å². The Bertz CT molecular complexity index is 336. The summed E-state index contributed by atoms with van der Waals surface area (Å²) in [6, 6.07) is 0. The van der Waals surface area contributed by atoms with Crippen molar-refractivity contribution in [3.8, 4) is 0 Å². The molecule has 0 aliphatic carbocycles. The fourth-order valence-electron chi connectivity index (χ4n) is 1.19. The maximum atomic E-state index is 5.78. The van der Waals surface area contributed by atoms with E-state index >= 15 is 0 Å². The van der Waals surface area contributed by atoms with Crippen LogP contribution < -0.4 is 10.6 Å². The van der Waals surface area contributed by atoms with Crippen LogP contribution in [-0.4, -0.2) is 41.3 Å². The molecule has 0 radical (unpaired) electrons. The number of nitrogens with one attached hydrogen (secondary N) is 2. The molecule has 1 aromatic rings. The Balaban J connectivity index is 2.41. The molecule has 0 bridgehead atoms. The highest BCUT2D eigenvalue weighted by Crippen LogP contribution is 2.09. The zero-order valence-electron chi connectivity index (χ0n) is 10.2. The second-order valence-electron chi connectivity index (χ2n) is 3.26. The van der Waals surface area contributed by atoms with Crippen molar-refractivity contribution in [2.45, 2.75) is 20.3 Å². The second-order valence-corrected chi connectivity index (χ2v) is 3.60. The average molecular weight is 260 g/mol. The lowest BCUT2D eigenvalue weighted by Gasteiger charge is -2.07. The fourth-order valence-corrected chi connectivity index (χ4v) is 1.35. The van der Waals surface area contributed by atoms with Crippen LogP contribution in [0.3, 0.4) is 0 Å². The summed E-state index contributed by atoms with van der Waals surface area (Å²) in [6.07, 6.45) is 0.897. The first kappa shape index (κ1) is 13.9. The Morgan fingerprint density at radius 1 is 1.12 bits per heavy atom. The number of ether oxygens (including phenoxy) is 1. The van der Waals surface area contributed by atoms with E-state index in [1.807, 2.05) is 13.8 Å². The third-order valence-corrected chi connectivity index (χ3v) is 2.06. The van der Waals surface area contributed by atoms with Gasteiger partial charge in [-0.25, -0.2) is 0 Å². The van der Waals surface area contributed by atoms with Gasteiger partial charge in [-0.15, -0.1) is 0 Å². The number of hydrogen-bond acceptors (Lipinski definition) is 6. The van der Waals surface area contributed by atoms with Crippen LogP contribution in [0.4, 0.5) is 11.9 Å². The first-order valence-corrected chi connectivity index (χ1v) is 6.11. The molecule has 0 saturated heterocycles. The second kappa shape index (κ2) is 8.03. The SMILES string of the molecule is CCNc1nc(Cl)nc(NCCCOCC)n1. The third-order valence-electron chi connectivity index (χ3n) is 1.90. The van der Waals surface area contributed by atoms with Crippen LogP contribution in [0.15, 0.2) is 0 Å². The van der Waals surface area contributed by atoms with Crippen molar-refractivity contribution in [3.63, 3.8) is 0 Å². The highest BCUT2D eigenvalue weighted by Gasteiger charge is 2.03. The topological polar surface area (TPSA) is 72.0 Å². The van der Waals surface area contributed by atoms with Gasteiger partial charge in [-0.3, -0.25) is 0 Å². The van der Waals surface area contributed by atoms with Gasteiger partial charge in [-0.1, -0.05) is 0 Å². The van der Waals surface area contributed by atoms with Gasteiger partial charge < -0.3 is 15.4 Å². The van der Waals surface area contributed by atoms with E-state index in [0.29, 0.717) is 11.9 Å². The molecule has 2 N–H and O–H groups in total. The molecule has 96 valence electrons. The van der Waals surface area contributed by atoms with Crippen molar-refractivity contribution in [1.82, 2.24) is 15.0 Å². The third kappa shape index (κ3) is 5.65. The quantitative estimate of drug-likeness (QED) is 0.694. The summed E-state index contributed by atoms with van der Waals surface area (Å²) in [5, 5.41) is 6.25. The van der Waals surface area contributed by atoms with Gasteiger partial charge in [0.15, 0.2) is 0 Å². The summed E-state index contributed by atoms with van der Waals surface area (Å²) >= 11 is 5.78.